The Morgan fingerprint density at radius 2 is 2.00 bits per heavy atom. The fourth-order valence-corrected chi connectivity index (χ4v) is 1.75. The van der Waals surface area contributed by atoms with E-state index in [0.717, 1.165) is 17.0 Å². The van der Waals surface area contributed by atoms with Crippen molar-refractivity contribution in [2.75, 3.05) is 6.61 Å². The van der Waals surface area contributed by atoms with Gasteiger partial charge < -0.3 is 15.2 Å². The van der Waals surface area contributed by atoms with Crippen LogP contribution < -0.4 is 15.2 Å². The van der Waals surface area contributed by atoms with Crippen molar-refractivity contribution in [3.63, 3.8) is 0 Å². The summed E-state index contributed by atoms with van der Waals surface area (Å²) in [6.07, 6.45) is 1.71. The van der Waals surface area contributed by atoms with Crippen LogP contribution in [-0.2, 0) is 6.54 Å². The van der Waals surface area contributed by atoms with E-state index in [4.69, 9.17) is 15.2 Å². The smallest absolute Gasteiger partial charge is 0.241 e. The summed E-state index contributed by atoms with van der Waals surface area (Å²) in [5, 5.41) is 0. The summed E-state index contributed by atoms with van der Waals surface area (Å²) in [7, 11) is 0. The van der Waals surface area contributed by atoms with E-state index in [0.29, 0.717) is 30.5 Å². The first-order valence-corrected chi connectivity index (χ1v) is 6.58. The van der Waals surface area contributed by atoms with Gasteiger partial charge in [0.15, 0.2) is 11.5 Å². The van der Waals surface area contributed by atoms with Crippen LogP contribution in [0.5, 0.6) is 17.4 Å². The molecule has 1 aromatic heterocycles. The molecule has 0 unspecified atom stereocenters. The average Bonchev–Trinajstić information content (AvgIpc) is 2.45. The normalized spacial score (nSPS) is 10.4. The van der Waals surface area contributed by atoms with Crippen LogP contribution in [0.2, 0.25) is 0 Å². The van der Waals surface area contributed by atoms with E-state index >= 15 is 0 Å². The molecule has 5 nitrogen and oxygen atoms in total. The zero-order chi connectivity index (χ0) is 14.5. The van der Waals surface area contributed by atoms with Gasteiger partial charge in [0.2, 0.25) is 5.88 Å². The average molecular weight is 273 g/mol. The Kier molecular flexibility index (Phi) is 4.53. The van der Waals surface area contributed by atoms with Crippen molar-refractivity contribution in [3.05, 3.63) is 41.3 Å². The molecular formula is C15H19N3O2. The predicted molar refractivity (Wildman–Crippen MR) is 77.1 cm³/mol. The highest BCUT2D eigenvalue weighted by Gasteiger charge is 2.10. The van der Waals surface area contributed by atoms with Crippen LogP contribution in [0.15, 0.2) is 24.4 Å². The molecule has 0 fully saturated rings. The number of benzene rings is 1. The first-order valence-electron chi connectivity index (χ1n) is 6.58. The van der Waals surface area contributed by atoms with Gasteiger partial charge in [-0.3, -0.25) is 4.98 Å². The van der Waals surface area contributed by atoms with Gasteiger partial charge in [-0.1, -0.05) is 6.07 Å². The minimum absolute atomic E-state index is 0.462. The summed E-state index contributed by atoms with van der Waals surface area (Å²) in [6, 6.07) is 5.64. The first-order chi connectivity index (χ1) is 9.63. The third-order valence-corrected chi connectivity index (χ3v) is 2.78. The van der Waals surface area contributed by atoms with Gasteiger partial charge in [-0.05, 0) is 38.5 Å². The molecule has 0 atom stereocenters. The van der Waals surface area contributed by atoms with Gasteiger partial charge in [0.1, 0.15) is 0 Å². The van der Waals surface area contributed by atoms with Crippen molar-refractivity contribution >= 4 is 0 Å². The van der Waals surface area contributed by atoms with Crippen LogP contribution in [0.3, 0.4) is 0 Å². The Labute approximate surface area is 118 Å². The van der Waals surface area contributed by atoms with Gasteiger partial charge in [0, 0.05) is 12.7 Å². The lowest BCUT2D eigenvalue weighted by molar-refractivity contribution is 0.318. The van der Waals surface area contributed by atoms with Crippen molar-refractivity contribution < 1.29 is 9.47 Å². The van der Waals surface area contributed by atoms with E-state index in [-0.39, 0.29) is 0 Å². The molecule has 0 saturated heterocycles. The number of nitrogens with zero attached hydrogens (tertiary/aromatic N) is 2. The van der Waals surface area contributed by atoms with Crippen LogP contribution >= 0.6 is 0 Å². The summed E-state index contributed by atoms with van der Waals surface area (Å²) < 4.78 is 11.4. The van der Waals surface area contributed by atoms with E-state index in [1.54, 1.807) is 6.20 Å². The maximum atomic E-state index is 5.83. The minimum atomic E-state index is 0.462. The van der Waals surface area contributed by atoms with Crippen molar-refractivity contribution in [2.24, 2.45) is 5.73 Å². The Morgan fingerprint density at radius 1 is 1.20 bits per heavy atom. The number of aromatic nitrogens is 2. The quantitative estimate of drug-likeness (QED) is 0.907. The van der Waals surface area contributed by atoms with Gasteiger partial charge in [-0.15, -0.1) is 0 Å². The van der Waals surface area contributed by atoms with Crippen molar-refractivity contribution in [1.82, 2.24) is 9.97 Å². The molecular weight excluding hydrogens is 254 g/mol. The molecule has 0 amide bonds. The lowest BCUT2D eigenvalue weighted by Gasteiger charge is -2.13. The number of ether oxygens (including phenoxy) is 2. The number of rotatable bonds is 5. The number of hydrogen-bond acceptors (Lipinski definition) is 5. The summed E-state index contributed by atoms with van der Waals surface area (Å²) in [6.45, 7) is 6.68. The van der Waals surface area contributed by atoms with Gasteiger partial charge in [0.05, 0.1) is 18.0 Å². The number of aryl methyl sites for hydroxylation is 2. The maximum Gasteiger partial charge on any atom is 0.241 e. The molecule has 1 aromatic carbocycles. The molecule has 0 aliphatic carbocycles. The molecule has 2 N–H and O–H groups in total. The van der Waals surface area contributed by atoms with Crippen LogP contribution in [-0.4, -0.2) is 16.6 Å². The molecule has 106 valence electrons. The SMILES string of the molecule is CCOc1cc(CN)ccc1Oc1nc(C)cnc1C. The second-order valence-electron chi connectivity index (χ2n) is 4.42. The molecule has 0 aliphatic rings. The minimum Gasteiger partial charge on any atom is -0.490 e. The van der Waals surface area contributed by atoms with Crippen molar-refractivity contribution in [3.8, 4) is 17.4 Å². The predicted octanol–water partition coefficient (Wildman–Crippen LogP) is 2.74. The fraction of sp³-hybridized carbons (Fsp3) is 0.333. The van der Waals surface area contributed by atoms with E-state index in [1.807, 2.05) is 39.0 Å². The second kappa shape index (κ2) is 6.34. The molecule has 0 saturated carbocycles. The molecule has 0 radical (unpaired) electrons. The standard InChI is InChI=1S/C15H19N3O2/c1-4-19-14-7-12(8-16)5-6-13(14)20-15-11(3)17-9-10(2)18-15/h5-7,9H,4,8,16H2,1-3H3. The molecule has 0 aliphatic heterocycles. The van der Waals surface area contributed by atoms with Crippen LogP contribution in [0.4, 0.5) is 0 Å². The van der Waals surface area contributed by atoms with Crippen LogP contribution in [0, 0.1) is 13.8 Å². The van der Waals surface area contributed by atoms with Crippen LogP contribution in [0.25, 0.3) is 0 Å². The summed E-state index contributed by atoms with van der Waals surface area (Å²) in [4.78, 5) is 8.58. The molecule has 0 spiro atoms. The van der Waals surface area contributed by atoms with Gasteiger partial charge in [-0.2, -0.15) is 0 Å². The number of hydrogen-bond donors (Lipinski definition) is 1. The maximum absolute atomic E-state index is 5.83. The lowest BCUT2D eigenvalue weighted by atomic mass is 10.2. The fourth-order valence-electron chi connectivity index (χ4n) is 1.75. The molecule has 0 bridgehead atoms. The van der Waals surface area contributed by atoms with Gasteiger partial charge in [0.25, 0.3) is 0 Å². The summed E-state index contributed by atoms with van der Waals surface area (Å²) in [5.74, 6) is 1.77. The molecule has 20 heavy (non-hydrogen) atoms. The lowest BCUT2D eigenvalue weighted by Crippen LogP contribution is -2.01. The molecule has 5 heteroatoms. The van der Waals surface area contributed by atoms with E-state index < -0.39 is 0 Å². The third-order valence-electron chi connectivity index (χ3n) is 2.78. The van der Waals surface area contributed by atoms with Gasteiger partial charge in [-0.25, -0.2) is 4.98 Å². The monoisotopic (exact) mass is 273 g/mol. The van der Waals surface area contributed by atoms with Gasteiger partial charge >= 0.3 is 0 Å². The van der Waals surface area contributed by atoms with Crippen LogP contribution in [0.1, 0.15) is 23.9 Å². The highest BCUT2D eigenvalue weighted by molar-refractivity contribution is 5.45. The zero-order valence-electron chi connectivity index (χ0n) is 12.0. The first kappa shape index (κ1) is 14.3. The Bertz CT molecular complexity index is 600. The Morgan fingerprint density at radius 3 is 2.70 bits per heavy atom. The molecule has 2 aromatic rings. The topological polar surface area (TPSA) is 70.3 Å². The van der Waals surface area contributed by atoms with E-state index in [1.165, 1.54) is 0 Å². The largest absolute Gasteiger partial charge is 0.490 e. The molecule has 1 heterocycles. The summed E-state index contributed by atoms with van der Waals surface area (Å²) >= 11 is 0. The molecule has 2 rings (SSSR count). The third kappa shape index (κ3) is 3.24. The zero-order valence-corrected chi connectivity index (χ0v) is 12.0. The van der Waals surface area contributed by atoms with E-state index in [2.05, 4.69) is 9.97 Å². The Hall–Kier alpha value is -2.14. The Balaban J connectivity index is 2.34. The number of nitrogens with two attached hydrogens (primary N) is 1. The second-order valence-corrected chi connectivity index (χ2v) is 4.42. The summed E-state index contributed by atoms with van der Waals surface area (Å²) in [5.41, 5.74) is 8.18. The highest BCUT2D eigenvalue weighted by atomic mass is 16.5. The van der Waals surface area contributed by atoms with E-state index in [9.17, 15) is 0 Å². The van der Waals surface area contributed by atoms with Crippen molar-refractivity contribution in [1.29, 1.82) is 0 Å². The highest BCUT2D eigenvalue weighted by Crippen LogP contribution is 2.32. The van der Waals surface area contributed by atoms with Crippen molar-refractivity contribution in [2.45, 2.75) is 27.3 Å².